The van der Waals surface area contributed by atoms with E-state index in [1.165, 1.54) is 12.1 Å². The molecule has 1 N–H and O–H groups in total. The predicted molar refractivity (Wildman–Crippen MR) is 136 cm³/mol. The van der Waals surface area contributed by atoms with E-state index in [1.54, 1.807) is 27.7 Å². The molecule has 1 atom stereocenters. The molecule has 12 heteroatoms. The fraction of sp³-hybridized carbons (Fsp3) is 0.500. The second-order valence-electron chi connectivity index (χ2n) is 10.9. The van der Waals surface area contributed by atoms with Crippen molar-refractivity contribution in [3.63, 3.8) is 0 Å². The summed E-state index contributed by atoms with van der Waals surface area (Å²) in [6.07, 6.45) is -4.96. The Morgan fingerprint density at radius 2 is 1.68 bits per heavy atom. The molecule has 2 fully saturated rings. The van der Waals surface area contributed by atoms with Gasteiger partial charge in [0.25, 0.3) is 5.91 Å². The molecule has 2 aliphatic heterocycles. The van der Waals surface area contributed by atoms with Gasteiger partial charge in [0.2, 0.25) is 0 Å². The Bertz CT molecular complexity index is 1220. The van der Waals surface area contributed by atoms with Crippen LogP contribution in [0.25, 0.3) is 0 Å². The smallest absolute Gasteiger partial charge is 0.399 e. The van der Waals surface area contributed by atoms with Gasteiger partial charge in [0.1, 0.15) is 11.6 Å². The third-order valence-electron chi connectivity index (χ3n) is 7.70. The van der Waals surface area contributed by atoms with Crippen molar-refractivity contribution in [2.24, 2.45) is 0 Å². The molecule has 4 rings (SSSR count). The summed E-state index contributed by atoms with van der Waals surface area (Å²) in [7, 11) is 0.854. The number of carbonyl (C=O) groups excluding carboxylic acids is 1. The van der Waals surface area contributed by atoms with Crippen LogP contribution in [0.2, 0.25) is 0 Å². The zero-order chi connectivity index (χ0) is 28.2. The number of benzene rings is 2. The molecule has 0 aliphatic carbocycles. The van der Waals surface area contributed by atoms with E-state index in [1.807, 2.05) is 18.9 Å². The van der Waals surface area contributed by atoms with Crippen LogP contribution in [0.15, 0.2) is 30.3 Å². The number of hydrogen-bond acceptors (Lipinski definition) is 5. The zero-order valence-corrected chi connectivity index (χ0v) is 22.2. The fourth-order valence-corrected chi connectivity index (χ4v) is 4.50. The number of amides is 1. The molecule has 2 aromatic carbocycles. The summed E-state index contributed by atoms with van der Waals surface area (Å²) in [6, 6.07) is 4.52. The van der Waals surface area contributed by atoms with Crippen LogP contribution < -0.4 is 15.7 Å². The normalized spacial score (nSPS) is 21.6. The van der Waals surface area contributed by atoms with Gasteiger partial charge in [-0.2, -0.15) is 13.2 Å². The minimum absolute atomic E-state index is 0.0000249. The van der Waals surface area contributed by atoms with Crippen LogP contribution in [-0.2, 0) is 15.5 Å². The summed E-state index contributed by atoms with van der Waals surface area (Å²) in [5.41, 5.74) is -3.29. The lowest BCUT2D eigenvalue weighted by molar-refractivity contribution is -0.138. The maximum Gasteiger partial charge on any atom is 0.497 e. The molecule has 0 radical (unpaired) electrons. The van der Waals surface area contributed by atoms with Gasteiger partial charge in [0, 0.05) is 31.1 Å². The minimum atomic E-state index is -4.96. The summed E-state index contributed by atoms with van der Waals surface area (Å²) in [5, 5.41) is 2.52. The van der Waals surface area contributed by atoms with Crippen LogP contribution in [0.4, 0.5) is 33.3 Å². The van der Waals surface area contributed by atoms with Crippen molar-refractivity contribution >= 4 is 29.9 Å². The van der Waals surface area contributed by atoms with Crippen LogP contribution in [0.3, 0.4) is 0 Å². The van der Waals surface area contributed by atoms with Crippen LogP contribution in [0.1, 0.15) is 50.5 Å². The van der Waals surface area contributed by atoms with Gasteiger partial charge in [-0.3, -0.25) is 4.79 Å². The standard InChI is InChI=1S/C26H31BF5N3O3/c1-15-14-35(10-9-34(15)6)22-13-20(29)19(27-37-24(2,3)25(4,5)38-27)12-21(22)33-23(36)17-8-7-16(28)11-18(17)26(30,31)32/h7-8,11-13,15H,9-10,14H2,1-6H3,(H,33,36)/t15-/m0/s1. The van der Waals surface area contributed by atoms with Crippen molar-refractivity contribution in [2.45, 2.75) is 58.0 Å². The number of halogens is 5. The fourth-order valence-electron chi connectivity index (χ4n) is 4.50. The Morgan fingerprint density at radius 1 is 1.05 bits per heavy atom. The molecule has 0 aromatic heterocycles. The largest absolute Gasteiger partial charge is 0.497 e. The number of nitrogens with one attached hydrogen (secondary N) is 1. The molecule has 6 nitrogen and oxygen atoms in total. The minimum Gasteiger partial charge on any atom is -0.399 e. The van der Waals surface area contributed by atoms with Gasteiger partial charge in [0.05, 0.1) is 33.7 Å². The van der Waals surface area contributed by atoms with Gasteiger partial charge in [-0.05, 0) is 72.0 Å². The first-order valence-electron chi connectivity index (χ1n) is 12.3. The molecular formula is C26H31BF5N3O3. The number of nitrogens with zero attached hydrogens (tertiary/aromatic N) is 2. The number of hydrogen-bond donors (Lipinski definition) is 1. The SMILES string of the molecule is C[C@H]1CN(c2cc(F)c(B3OC(C)(C)C(C)(C)O3)cc2NC(=O)c2ccc(F)cc2C(F)(F)F)CCN1C. The van der Waals surface area contributed by atoms with E-state index in [9.17, 15) is 22.4 Å². The van der Waals surface area contributed by atoms with E-state index in [2.05, 4.69) is 10.2 Å². The van der Waals surface area contributed by atoms with Crippen molar-refractivity contribution < 1.29 is 36.1 Å². The first-order chi connectivity index (χ1) is 17.5. The molecule has 206 valence electrons. The lowest BCUT2D eigenvalue weighted by Crippen LogP contribution is -2.50. The molecule has 2 heterocycles. The second-order valence-corrected chi connectivity index (χ2v) is 10.9. The average molecular weight is 539 g/mol. The van der Waals surface area contributed by atoms with E-state index < -0.39 is 53.2 Å². The van der Waals surface area contributed by atoms with Crippen molar-refractivity contribution in [2.75, 3.05) is 36.9 Å². The average Bonchev–Trinajstić information content (AvgIpc) is 3.02. The molecule has 0 spiro atoms. The number of anilines is 2. The van der Waals surface area contributed by atoms with Crippen molar-refractivity contribution in [1.29, 1.82) is 0 Å². The molecule has 2 aromatic rings. The van der Waals surface area contributed by atoms with Gasteiger partial charge in [-0.1, -0.05) is 0 Å². The van der Waals surface area contributed by atoms with Crippen LogP contribution >= 0.6 is 0 Å². The summed E-state index contributed by atoms with van der Waals surface area (Å²) < 4.78 is 81.9. The number of piperazine rings is 1. The third kappa shape index (κ3) is 5.39. The van der Waals surface area contributed by atoms with E-state index in [4.69, 9.17) is 9.31 Å². The predicted octanol–water partition coefficient (Wildman–Crippen LogP) is 4.68. The maximum absolute atomic E-state index is 15.5. The van der Waals surface area contributed by atoms with Crippen molar-refractivity contribution in [3.05, 3.63) is 53.1 Å². The molecule has 2 saturated heterocycles. The lowest BCUT2D eigenvalue weighted by Gasteiger charge is -2.39. The molecule has 2 aliphatic rings. The van der Waals surface area contributed by atoms with Crippen LogP contribution in [0, 0.1) is 11.6 Å². The lowest BCUT2D eigenvalue weighted by atomic mass is 9.78. The van der Waals surface area contributed by atoms with E-state index in [-0.39, 0.29) is 23.3 Å². The quantitative estimate of drug-likeness (QED) is 0.452. The van der Waals surface area contributed by atoms with E-state index in [0.29, 0.717) is 25.3 Å². The Morgan fingerprint density at radius 3 is 2.26 bits per heavy atom. The number of rotatable bonds is 4. The van der Waals surface area contributed by atoms with Crippen LogP contribution in [0.5, 0.6) is 0 Å². The molecule has 38 heavy (non-hydrogen) atoms. The number of alkyl halides is 3. The van der Waals surface area contributed by atoms with E-state index in [0.717, 1.165) is 12.1 Å². The number of carbonyl (C=O) groups is 1. The summed E-state index contributed by atoms with van der Waals surface area (Å²) in [5.74, 6) is -2.86. The van der Waals surface area contributed by atoms with Gasteiger partial charge < -0.3 is 24.4 Å². The Labute approximate surface area is 219 Å². The first-order valence-corrected chi connectivity index (χ1v) is 12.3. The van der Waals surface area contributed by atoms with Crippen molar-refractivity contribution in [1.82, 2.24) is 4.90 Å². The first kappa shape index (κ1) is 28.3. The molecule has 0 bridgehead atoms. The summed E-state index contributed by atoms with van der Waals surface area (Å²) in [6.45, 7) is 10.9. The maximum atomic E-state index is 15.5. The molecule has 1 amide bonds. The summed E-state index contributed by atoms with van der Waals surface area (Å²) in [4.78, 5) is 17.1. The van der Waals surface area contributed by atoms with Crippen molar-refractivity contribution in [3.8, 4) is 0 Å². The van der Waals surface area contributed by atoms with Gasteiger partial charge >= 0.3 is 13.3 Å². The zero-order valence-electron chi connectivity index (χ0n) is 22.2. The highest BCUT2D eigenvalue weighted by molar-refractivity contribution is 6.62. The van der Waals surface area contributed by atoms with E-state index >= 15 is 4.39 Å². The molecule has 0 saturated carbocycles. The second kappa shape index (κ2) is 9.80. The Kier molecular flexibility index (Phi) is 7.30. The van der Waals surface area contributed by atoms with Crippen LogP contribution in [-0.4, -0.2) is 61.9 Å². The highest BCUT2D eigenvalue weighted by Gasteiger charge is 2.52. The van der Waals surface area contributed by atoms with Gasteiger partial charge in [0.15, 0.2) is 0 Å². The Hall–Kier alpha value is -2.70. The van der Waals surface area contributed by atoms with Gasteiger partial charge in [-0.25, -0.2) is 8.78 Å². The highest BCUT2D eigenvalue weighted by atomic mass is 19.4. The molecular weight excluding hydrogens is 508 g/mol. The topological polar surface area (TPSA) is 54.0 Å². The monoisotopic (exact) mass is 539 g/mol. The van der Waals surface area contributed by atoms with Gasteiger partial charge in [-0.15, -0.1) is 0 Å². The highest BCUT2D eigenvalue weighted by Crippen LogP contribution is 2.38. The Balaban J connectivity index is 1.77. The summed E-state index contributed by atoms with van der Waals surface area (Å²) >= 11 is 0. The molecule has 0 unspecified atom stereocenters. The number of likely N-dealkylation sites (N-methyl/N-ethyl adjacent to an activating group) is 1. The third-order valence-corrected chi connectivity index (χ3v) is 7.70.